The minimum Gasteiger partial charge on any atom is -0.338 e. The molecule has 0 unspecified atom stereocenters. The Hall–Kier alpha value is -2.17. The topological polar surface area (TPSA) is 38.1 Å². The molecular weight excluding hydrogens is 305 g/mol. The number of amides is 1. The Morgan fingerprint density at radius 3 is 2.38 bits per heavy atom. The summed E-state index contributed by atoms with van der Waals surface area (Å²) in [6, 6.07) is 7.68. The van der Waals surface area contributed by atoms with E-state index in [4.69, 9.17) is 0 Å². The Labute approximate surface area is 142 Å². The van der Waals surface area contributed by atoms with Crippen LogP contribution in [0.1, 0.15) is 41.5 Å². The molecule has 0 atom stereocenters. The van der Waals surface area contributed by atoms with E-state index in [1.807, 2.05) is 35.9 Å². The van der Waals surface area contributed by atoms with Crippen LogP contribution in [0.25, 0.3) is 11.1 Å². The molecule has 1 fully saturated rings. The lowest BCUT2D eigenvalue weighted by Gasteiger charge is -2.28. The monoisotopic (exact) mass is 329 g/mol. The molecule has 1 amide bonds. The molecule has 128 valence electrons. The fourth-order valence-electron chi connectivity index (χ4n) is 3.44. The van der Waals surface area contributed by atoms with E-state index in [1.54, 1.807) is 4.90 Å². The van der Waals surface area contributed by atoms with Crippen LogP contribution >= 0.6 is 0 Å². The molecule has 2 heterocycles. The smallest absolute Gasteiger partial charge is 0.253 e. The van der Waals surface area contributed by atoms with Crippen LogP contribution in [-0.4, -0.2) is 39.8 Å². The van der Waals surface area contributed by atoms with Gasteiger partial charge in [-0.2, -0.15) is 5.10 Å². The lowest BCUT2D eigenvalue weighted by atomic mass is 10.0. The molecule has 1 saturated heterocycles. The molecule has 0 saturated carbocycles. The molecule has 3 rings (SSSR count). The molecule has 0 radical (unpaired) electrons. The maximum atomic E-state index is 13.2. The van der Waals surface area contributed by atoms with Gasteiger partial charge in [0.05, 0.1) is 5.69 Å². The number of alkyl halides is 1. The molecule has 0 spiro atoms. The van der Waals surface area contributed by atoms with Gasteiger partial charge in [0.15, 0.2) is 0 Å². The highest BCUT2D eigenvalue weighted by molar-refractivity contribution is 5.94. The zero-order chi connectivity index (χ0) is 17.3. The van der Waals surface area contributed by atoms with Gasteiger partial charge in [0.1, 0.15) is 6.17 Å². The number of nitrogens with zero attached hydrogens (tertiary/aromatic N) is 3. The van der Waals surface area contributed by atoms with Crippen molar-refractivity contribution in [3.8, 4) is 11.1 Å². The van der Waals surface area contributed by atoms with Crippen LogP contribution in [0.5, 0.6) is 0 Å². The van der Waals surface area contributed by atoms with Crippen LogP contribution in [0.3, 0.4) is 0 Å². The molecule has 1 aliphatic rings. The van der Waals surface area contributed by atoms with Crippen LogP contribution < -0.4 is 0 Å². The second-order valence-corrected chi connectivity index (χ2v) is 6.41. The third-order valence-electron chi connectivity index (χ3n) is 4.81. The zero-order valence-corrected chi connectivity index (χ0v) is 14.6. The minimum absolute atomic E-state index is 0.00820. The van der Waals surface area contributed by atoms with Crippen LogP contribution in [0.15, 0.2) is 24.3 Å². The molecule has 24 heavy (non-hydrogen) atoms. The first-order valence-electron chi connectivity index (χ1n) is 8.59. The summed E-state index contributed by atoms with van der Waals surface area (Å²) in [6.07, 6.45) is 0.120. The highest BCUT2D eigenvalue weighted by atomic mass is 19.1. The fourth-order valence-corrected chi connectivity index (χ4v) is 3.44. The largest absolute Gasteiger partial charge is 0.338 e. The van der Waals surface area contributed by atoms with Gasteiger partial charge in [-0.3, -0.25) is 9.48 Å². The van der Waals surface area contributed by atoms with Crippen molar-refractivity contribution in [2.45, 2.75) is 46.3 Å². The maximum absolute atomic E-state index is 13.2. The van der Waals surface area contributed by atoms with Crippen molar-refractivity contribution in [3.63, 3.8) is 0 Å². The molecule has 4 nitrogen and oxygen atoms in total. The van der Waals surface area contributed by atoms with Gasteiger partial charge < -0.3 is 4.90 Å². The highest BCUT2D eigenvalue weighted by Gasteiger charge is 2.23. The highest BCUT2D eigenvalue weighted by Crippen LogP contribution is 2.27. The van der Waals surface area contributed by atoms with Gasteiger partial charge in [-0.05, 0) is 51.3 Å². The SMILES string of the molecule is CCn1nc(C)c(-c2ccc(C(=O)N3CCC(F)CC3)cc2)c1C. The second kappa shape index (κ2) is 6.75. The number of halogens is 1. The lowest BCUT2D eigenvalue weighted by molar-refractivity contribution is 0.0667. The van der Waals surface area contributed by atoms with E-state index >= 15 is 0 Å². The first kappa shape index (κ1) is 16.7. The number of hydrogen-bond acceptors (Lipinski definition) is 2. The van der Waals surface area contributed by atoms with Crippen LogP contribution in [0.4, 0.5) is 4.39 Å². The van der Waals surface area contributed by atoms with Crippen molar-refractivity contribution in [2.24, 2.45) is 0 Å². The Kier molecular flexibility index (Phi) is 4.69. The summed E-state index contributed by atoms with van der Waals surface area (Å²) in [5.74, 6) is -0.00820. The number of rotatable bonds is 3. The summed E-state index contributed by atoms with van der Waals surface area (Å²) in [4.78, 5) is 14.3. The molecule has 0 aliphatic carbocycles. The Morgan fingerprint density at radius 1 is 1.21 bits per heavy atom. The Bertz CT molecular complexity index is 728. The first-order valence-corrected chi connectivity index (χ1v) is 8.59. The van der Waals surface area contributed by atoms with E-state index in [9.17, 15) is 9.18 Å². The number of benzene rings is 1. The van der Waals surface area contributed by atoms with E-state index in [1.165, 1.54) is 0 Å². The molecule has 1 aromatic heterocycles. The average Bonchev–Trinajstić information content (AvgIpc) is 2.89. The van der Waals surface area contributed by atoms with Crippen LogP contribution in [-0.2, 0) is 6.54 Å². The predicted octanol–water partition coefficient (Wildman–Crippen LogP) is 3.76. The van der Waals surface area contributed by atoms with E-state index < -0.39 is 6.17 Å². The molecule has 2 aromatic rings. The molecule has 0 bridgehead atoms. The summed E-state index contributed by atoms with van der Waals surface area (Å²) >= 11 is 0. The van der Waals surface area contributed by atoms with Gasteiger partial charge in [0.25, 0.3) is 5.91 Å². The third kappa shape index (κ3) is 3.07. The standard InChI is InChI=1S/C19H24FN3O/c1-4-23-14(3)18(13(2)21-23)15-5-7-16(8-6-15)19(24)22-11-9-17(20)10-12-22/h5-8,17H,4,9-12H2,1-3H3. The molecule has 1 aromatic carbocycles. The summed E-state index contributed by atoms with van der Waals surface area (Å²) < 4.78 is 15.2. The summed E-state index contributed by atoms with van der Waals surface area (Å²) in [7, 11) is 0. The van der Waals surface area contributed by atoms with Crippen molar-refractivity contribution in [2.75, 3.05) is 13.1 Å². The normalized spacial score (nSPS) is 15.8. The van der Waals surface area contributed by atoms with Gasteiger partial charge in [0.2, 0.25) is 0 Å². The summed E-state index contributed by atoms with van der Waals surface area (Å²) in [5.41, 5.74) is 5.00. The van der Waals surface area contributed by atoms with Crippen molar-refractivity contribution in [1.29, 1.82) is 0 Å². The van der Waals surface area contributed by atoms with Gasteiger partial charge >= 0.3 is 0 Å². The first-order chi connectivity index (χ1) is 11.5. The molecule has 5 heteroatoms. The molecule has 1 aliphatic heterocycles. The number of carbonyl (C=O) groups excluding carboxylic acids is 1. The number of aryl methyl sites for hydroxylation is 2. The quantitative estimate of drug-likeness (QED) is 0.860. The fraction of sp³-hybridized carbons (Fsp3) is 0.474. The van der Waals surface area contributed by atoms with Gasteiger partial charge in [-0.15, -0.1) is 0 Å². The van der Waals surface area contributed by atoms with Crippen molar-refractivity contribution in [1.82, 2.24) is 14.7 Å². The lowest BCUT2D eigenvalue weighted by Crippen LogP contribution is -2.39. The van der Waals surface area contributed by atoms with Gasteiger partial charge in [-0.25, -0.2) is 4.39 Å². The van der Waals surface area contributed by atoms with Crippen molar-refractivity contribution >= 4 is 5.91 Å². The summed E-state index contributed by atoms with van der Waals surface area (Å²) in [5, 5.41) is 4.55. The van der Waals surface area contributed by atoms with E-state index in [0.717, 1.165) is 29.1 Å². The van der Waals surface area contributed by atoms with Gasteiger partial charge in [0, 0.05) is 36.5 Å². The van der Waals surface area contributed by atoms with Gasteiger partial charge in [-0.1, -0.05) is 12.1 Å². The zero-order valence-electron chi connectivity index (χ0n) is 14.6. The van der Waals surface area contributed by atoms with Crippen LogP contribution in [0, 0.1) is 13.8 Å². The number of carbonyl (C=O) groups is 1. The van der Waals surface area contributed by atoms with E-state index in [0.29, 0.717) is 31.5 Å². The summed E-state index contributed by atoms with van der Waals surface area (Å²) in [6.45, 7) is 8.00. The number of piperidine rings is 1. The Balaban J connectivity index is 1.81. The van der Waals surface area contributed by atoms with E-state index in [-0.39, 0.29) is 5.91 Å². The maximum Gasteiger partial charge on any atom is 0.253 e. The van der Waals surface area contributed by atoms with E-state index in [2.05, 4.69) is 18.9 Å². The number of aromatic nitrogens is 2. The number of hydrogen-bond donors (Lipinski definition) is 0. The van der Waals surface area contributed by atoms with Crippen LogP contribution in [0.2, 0.25) is 0 Å². The minimum atomic E-state index is -0.766. The molecular formula is C19H24FN3O. The molecule has 0 N–H and O–H groups in total. The number of likely N-dealkylation sites (tertiary alicyclic amines) is 1. The second-order valence-electron chi connectivity index (χ2n) is 6.41. The van der Waals surface area contributed by atoms with Crippen molar-refractivity contribution < 1.29 is 9.18 Å². The predicted molar refractivity (Wildman–Crippen MR) is 92.8 cm³/mol. The average molecular weight is 329 g/mol. The third-order valence-corrected chi connectivity index (χ3v) is 4.81. The Morgan fingerprint density at radius 2 is 1.83 bits per heavy atom. The van der Waals surface area contributed by atoms with Crippen molar-refractivity contribution in [3.05, 3.63) is 41.2 Å².